The van der Waals surface area contributed by atoms with Crippen LogP contribution >= 0.6 is 0 Å². The van der Waals surface area contributed by atoms with Gasteiger partial charge in [0.2, 0.25) is 0 Å². The zero-order valence-corrected chi connectivity index (χ0v) is 8.84. The number of imide groups is 1. The Bertz CT molecular complexity index is 442. The van der Waals surface area contributed by atoms with Gasteiger partial charge in [-0.05, 0) is 17.7 Å². The number of carbonyl (C=O) groups is 2. The zero-order valence-electron chi connectivity index (χ0n) is 8.84. The minimum atomic E-state index is -5.12. The van der Waals surface area contributed by atoms with Crippen LogP contribution in [0.15, 0.2) is 24.3 Å². The number of hydrogen-bond donors (Lipinski definition) is 2. The first kappa shape index (κ1) is 13.9. The van der Waals surface area contributed by atoms with Crippen LogP contribution in [-0.4, -0.2) is 18.1 Å². The van der Waals surface area contributed by atoms with Gasteiger partial charge in [0.05, 0.1) is 0 Å². The van der Waals surface area contributed by atoms with Gasteiger partial charge in [-0.15, -0.1) is 0 Å². The highest BCUT2D eigenvalue weighted by Crippen LogP contribution is 2.13. The number of urea groups is 1. The Morgan fingerprint density at radius 2 is 1.67 bits per heavy atom. The van der Waals surface area contributed by atoms with Crippen LogP contribution in [0.3, 0.4) is 0 Å². The van der Waals surface area contributed by atoms with Gasteiger partial charge >= 0.3 is 18.1 Å². The number of nitrogens with one attached hydrogen (secondary N) is 2. The first-order valence-electron chi connectivity index (χ1n) is 4.69. The van der Waals surface area contributed by atoms with Crippen molar-refractivity contribution in [2.45, 2.75) is 12.7 Å². The number of benzene rings is 1. The average molecular weight is 264 g/mol. The number of alkyl halides is 3. The fraction of sp³-hybridized carbons (Fsp3) is 0.200. The lowest BCUT2D eigenvalue weighted by atomic mass is 10.2. The number of hydrogen-bond acceptors (Lipinski definition) is 2. The van der Waals surface area contributed by atoms with Gasteiger partial charge in [0.25, 0.3) is 0 Å². The molecule has 1 aromatic rings. The third-order valence-corrected chi connectivity index (χ3v) is 1.85. The van der Waals surface area contributed by atoms with Crippen LogP contribution in [0.2, 0.25) is 0 Å². The van der Waals surface area contributed by atoms with Crippen molar-refractivity contribution in [2.24, 2.45) is 0 Å². The minimum Gasteiger partial charge on any atom is -0.334 e. The van der Waals surface area contributed by atoms with Gasteiger partial charge in [-0.25, -0.2) is 9.18 Å². The average Bonchev–Trinajstić information content (AvgIpc) is 2.27. The van der Waals surface area contributed by atoms with Crippen molar-refractivity contribution in [1.29, 1.82) is 0 Å². The fourth-order valence-corrected chi connectivity index (χ4v) is 1.00. The normalized spacial score (nSPS) is 10.9. The van der Waals surface area contributed by atoms with Crippen molar-refractivity contribution in [3.05, 3.63) is 35.6 Å². The van der Waals surface area contributed by atoms with Crippen LogP contribution < -0.4 is 10.6 Å². The van der Waals surface area contributed by atoms with Crippen molar-refractivity contribution in [3.63, 3.8) is 0 Å². The molecule has 0 unspecified atom stereocenters. The number of rotatable bonds is 2. The van der Waals surface area contributed by atoms with Crippen LogP contribution in [0, 0.1) is 5.82 Å². The molecule has 0 aliphatic carbocycles. The van der Waals surface area contributed by atoms with E-state index in [1.54, 1.807) is 0 Å². The SMILES string of the molecule is O=C(NCc1ccc(F)cc1)NC(=O)C(F)(F)F. The first-order valence-corrected chi connectivity index (χ1v) is 4.69. The molecule has 1 aromatic carbocycles. The van der Waals surface area contributed by atoms with Gasteiger partial charge in [-0.1, -0.05) is 12.1 Å². The first-order chi connectivity index (χ1) is 8.29. The van der Waals surface area contributed by atoms with Crippen LogP contribution in [0.4, 0.5) is 22.4 Å². The molecule has 98 valence electrons. The Balaban J connectivity index is 2.42. The van der Waals surface area contributed by atoms with Crippen LogP contribution in [0.25, 0.3) is 0 Å². The summed E-state index contributed by atoms with van der Waals surface area (Å²) >= 11 is 0. The second-order valence-electron chi connectivity index (χ2n) is 3.26. The van der Waals surface area contributed by atoms with Gasteiger partial charge in [0.1, 0.15) is 5.82 Å². The van der Waals surface area contributed by atoms with E-state index in [9.17, 15) is 27.2 Å². The number of amides is 3. The molecule has 2 N–H and O–H groups in total. The van der Waals surface area contributed by atoms with E-state index in [2.05, 4.69) is 0 Å². The molecule has 4 nitrogen and oxygen atoms in total. The van der Waals surface area contributed by atoms with E-state index in [0.29, 0.717) is 5.56 Å². The number of halogens is 4. The van der Waals surface area contributed by atoms with Crippen molar-refractivity contribution in [1.82, 2.24) is 10.6 Å². The topological polar surface area (TPSA) is 58.2 Å². The summed E-state index contributed by atoms with van der Waals surface area (Å²) in [5.74, 6) is -2.82. The summed E-state index contributed by atoms with van der Waals surface area (Å²) in [6.45, 7) is -0.128. The van der Waals surface area contributed by atoms with Crippen molar-refractivity contribution >= 4 is 11.9 Å². The van der Waals surface area contributed by atoms with E-state index in [1.165, 1.54) is 12.1 Å². The smallest absolute Gasteiger partial charge is 0.334 e. The molecule has 3 amide bonds. The summed E-state index contributed by atoms with van der Waals surface area (Å²) in [7, 11) is 0. The maximum atomic E-state index is 12.5. The molecule has 0 aliphatic rings. The molecule has 0 heterocycles. The molecular weight excluding hydrogens is 256 g/mol. The highest BCUT2D eigenvalue weighted by molar-refractivity contribution is 5.96. The quantitative estimate of drug-likeness (QED) is 0.799. The van der Waals surface area contributed by atoms with Crippen molar-refractivity contribution < 1.29 is 27.2 Å². The summed E-state index contributed by atoms with van der Waals surface area (Å²) in [6, 6.07) is 3.69. The van der Waals surface area contributed by atoms with E-state index < -0.39 is 23.9 Å². The second-order valence-corrected chi connectivity index (χ2v) is 3.26. The molecule has 0 aromatic heterocycles. The minimum absolute atomic E-state index is 0.128. The van der Waals surface area contributed by atoms with Gasteiger partial charge in [0.15, 0.2) is 0 Å². The van der Waals surface area contributed by atoms with Gasteiger partial charge in [0, 0.05) is 6.54 Å². The van der Waals surface area contributed by atoms with Gasteiger partial charge < -0.3 is 5.32 Å². The van der Waals surface area contributed by atoms with E-state index in [4.69, 9.17) is 0 Å². The molecular formula is C10H8F4N2O2. The lowest BCUT2D eigenvalue weighted by Gasteiger charge is -2.08. The summed E-state index contributed by atoms with van der Waals surface area (Å²) < 4.78 is 47.9. The summed E-state index contributed by atoms with van der Waals surface area (Å²) in [5, 5.41) is 3.14. The molecule has 0 fully saturated rings. The largest absolute Gasteiger partial charge is 0.471 e. The van der Waals surface area contributed by atoms with E-state index in [1.807, 2.05) is 5.32 Å². The summed E-state index contributed by atoms with van der Waals surface area (Å²) in [4.78, 5) is 21.3. The highest BCUT2D eigenvalue weighted by Gasteiger charge is 2.39. The van der Waals surface area contributed by atoms with E-state index in [-0.39, 0.29) is 6.54 Å². The second kappa shape index (κ2) is 5.48. The Hall–Kier alpha value is -2.12. The molecule has 8 heteroatoms. The van der Waals surface area contributed by atoms with E-state index in [0.717, 1.165) is 17.4 Å². The molecule has 0 saturated heterocycles. The van der Waals surface area contributed by atoms with Gasteiger partial charge in [-0.2, -0.15) is 13.2 Å². The molecule has 18 heavy (non-hydrogen) atoms. The molecule has 0 aliphatic heterocycles. The lowest BCUT2D eigenvalue weighted by Crippen LogP contribution is -2.45. The summed E-state index contributed by atoms with van der Waals surface area (Å²) in [6.07, 6.45) is -5.12. The monoisotopic (exact) mass is 264 g/mol. The van der Waals surface area contributed by atoms with Crippen molar-refractivity contribution in [3.8, 4) is 0 Å². The highest BCUT2D eigenvalue weighted by atomic mass is 19.4. The third kappa shape index (κ3) is 4.40. The number of carbonyl (C=O) groups excluding carboxylic acids is 2. The zero-order chi connectivity index (χ0) is 13.8. The lowest BCUT2D eigenvalue weighted by molar-refractivity contribution is -0.172. The van der Waals surface area contributed by atoms with Crippen LogP contribution in [-0.2, 0) is 11.3 Å². The Kier molecular flexibility index (Phi) is 4.24. The molecule has 0 atom stereocenters. The van der Waals surface area contributed by atoms with E-state index >= 15 is 0 Å². The molecule has 0 spiro atoms. The van der Waals surface area contributed by atoms with Crippen molar-refractivity contribution in [2.75, 3.05) is 0 Å². The molecule has 0 saturated carbocycles. The predicted molar refractivity (Wildman–Crippen MR) is 52.8 cm³/mol. The maximum Gasteiger partial charge on any atom is 0.471 e. The Morgan fingerprint density at radius 3 is 2.17 bits per heavy atom. The molecule has 1 rings (SSSR count). The maximum absolute atomic E-state index is 12.5. The fourth-order valence-electron chi connectivity index (χ4n) is 1.00. The standard InChI is InChI=1S/C10H8F4N2O2/c11-7-3-1-6(2-4-7)5-15-9(18)16-8(17)10(12,13)14/h1-4H,5H2,(H2,15,16,17,18). The molecule has 0 radical (unpaired) electrons. The van der Waals surface area contributed by atoms with Crippen LogP contribution in [0.1, 0.15) is 5.56 Å². The Labute approximate surface area is 99.0 Å². The Morgan fingerprint density at radius 1 is 1.11 bits per heavy atom. The van der Waals surface area contributed by atoms with Crippen LogP contribution in [0.5, 0.6) is 0 Å². The summed E-state index contributed by atoms with van der Waals surface area (Å²) in [5.41, 5.74) is 0.478. The predicted octanol–water partition coefficient (Wildman–Crippen LogP) is 1.71. The molecule has 0 bridgehead atoms. The third-order valence-electron chi connectivity index (χ3n) is 1.85. The van der Waals surface area contributed by atoms with Gasteiger partial charge in [-0.3, -0.25) is 10.1 Å².